The van der Waals surface area contributed by atoms with E-state index in [0.717, 1.165) is 30.0 Å². The van der Waals surface area contributed by atoms with Gasteiger partial charge in [0.25, 0.3) is 0 Å². The van der Waals surface area contributed by atoms with E-state index < -0.39 is 10.0 Å². The molecule has 0 unspecified atom stereocenters. The molecule has 20 heavy (non-hydrogen) atoms. The molecule has 0 saturated heterocycles. The third-order valence-electron chi connectivity index (χ3n) is 3.68. The number of nitrogens with two attached hydrogens (primary N) is 1. The topological polar surface area (TPSA) is 86.2 Å². The van der Waals surface area contributed by atoms with Crippen LogP contribution in [0.4, 0.5) is 0 Å². The number of nitrogens with zero attached hydrogens (tertiary/aromatic N) is 1. The Balaban J connectivity index is 1.76. The number of benzene rings is 1. The van der Waals surface area contributed by atoms with Gasteiger partial charge in [-0.2, -0.15) is 0 Å². The minimum absolute atomic E-state index is 0.142. The van der Waals surface area contributed by atoms with E-state index in [-0.39, 0.29) is 4.90 Å². The maximum atomic E-state index is 11.2. The van der Waals surface area contributed by atoms with Gasteiger partial charge < -0.3 is 4.42 Å². The lowest BCUT2D eigenvalue weighted by molar-refractivity contribution is 0.494. The zero-order chi connectivity index (χ0) is 14.3. The van der Waals surface area contributed by atoms with Crippen LogP contribution in [0.25, 0.3) is 0 Å². The van der Waals surface area contributed by atoms with Crippen molar-refractivity contribution >= 4 is 10.0 Å². The van der Waals surface area contributed by atoms with Crippen LogP contribution < -0.4 is 5.14 Å². The van der Waals surface area contributed by atoms with Crippen molar-refractivity contribution in [3.8, 4) is 0 Å². The van der Waals surface area contributed by atoms with Crippen molar-refractivity contribution < 1.29 is 12.8 Å². The largest absolute Gasteiger partial charge is 0.448 e. The number of hydrogen-bond donors (Lipinski definition) is 1. The molecule has 0 bridgehead atoms. The second-order valence-electron chi connectivity index (χ2n) is 5.09. The Labute approximate surface area is 117 Å². The smallest absolute Gasteiger partial charge is 0.238 e. The van der Waals surface area contributed by atoms with Crippen molar-refractivity contribution in [1.29, 1.82) is 0 Å². The van der Waals surface area contributed by atoms with Crippen molar-refractivity contribution in [3.05, 3.63) is 47.7 Å². The van der Waals surface area contributed by atoms with Crippen LogP contribution in [0, 0.1) is 0 Å². The first-order valence-corrected chi connectivity index (χ1v) is 8.10. The standard InChI is InChI=1S/C14H16N2O3S/c1-2-10-8-19-14(16-10)13-7-12(13)9-3-5-11(6-4-9)20(15,17)18/h3-6,8,12-13H,2,7H2,1H3,(H2,15,17,18)/t12-,13+/m0/s1. The highest BCUT2D eigenvalue weighted by Gasteiger charge is 2.43. The molecule has 1 aliphatic carbocycles. The number of oxazole rings is 1. The monoisotopic (exact) mass is 292 g/mol. The predicted octanol–water partition coefficient (Wildman–Crippen LogP) is 2.16. The van der Waals surface area contributed by atoms with Gasteiger partial charge in [0.2, 0.25) is 10.0 Å². The van der Waals surface area contributed by atoms with E-state index in [1.807, 2.05) is 19.1 Å². The fourth-order valence-corrected chi connectivity index (χ4v) is 2.91. The van der Waals surface area contributed by atoms with Crippen LogP contribution in [0.15, 0.2) is 39.8 Å². The molecule has 3 rings (SSSR count). The maximum Gasteiger partial charge on any atom is 0.238 e. The molecule has 5 nitrogen and oxygen atoms in total. The molecule has 0 spiro atoms. The van der Waals surface area contributed by atoms with E-state index in [9.17, 15) is 8.42 Å². The van der Waals surface area contributed by atoms with Gasteiger partial charge in [-0.15, -0.1) is 0 Å². The summed E-state index contributed by atoms with van der Waals surface area (Å²) in [7, 11) is -3.62. The van der Waals surface area contributed by atoms with Crippen LogP contribution in [0.3, 0.4) is 0 Å². The third kappa shape index (κ3) is 2.48. The van der Waals surface area contributed by atoms with E-state index in [0.29, 0.717) is 11.8 Å². The quantitative estimate of drug-likeness (QED) is 0.935. The Bertz CT molecular complexity index is 719. The molecule has 1 saturated carbocycles. The fraction of sp³-hybridized carbons (Fsp3) is 0.357. The van der Waals surface area contributed by atoms with Gasteiger partial charge in [-0.1, -0.05) is 19.1 Å². The molecule has 6 heteroatoms. The molecule has 0 radical (unpaired) electrons. The zero-order valence-electron chi connectivity index (χ0n) is 11.1. The summed E-state index contributed by atoms with van der Waals surface area (Å²) in [6.45, 7) is 2.04. The first-order valence-electron chi connectivity index (χ1n) is 6.56. The highest BCUT2D eigenvalue weighted by atomic mass is 32.2. The van der Waals surface area contributed by atoms with Crippen LogP contribution >= 0.6 is 0 Å². The Kier molecular flexibility index (Phi) is 3.14. The van der Waals surface area contributed by atoms with Crippen molar-refractivity contribution in [2.75, 3.05) is 0 Å². The molecule has 1 aromatic heterocycles. The Morgan fingerprint density at radius 3 is 2.55 bits per heavy atom. The number of sulfonamides is 1. The van der Waals surface area contributed by atoms with Crippen LogP contribution in [-0.4, -0.2) is 13.4 Å². The Morgan fingerprint density at radius 2 is 2.00 bits per heavy atom. The number of aromatic nitrogens is 1. The average Bonchev–Trinajstić information content (AvgIpc) is 3.08. The molecule has 1 aliphatic rings. The summed E-state index contributed by atoms with van der Waals surface area (Å²) in [5.74, 6) is 1.44. The summed E-state index contributed by atoms with van der Waals surface area (Å²) in [5, 5.41) is 5.08. The van der Waals surface area contributed by atoms with E-state index in [1.54, 1.807) is 18.4 Å². The van der Waals surface area contributed by atoms with Gasteiger partial charge in [-0.25, -0.2) is 18.5 Å². The average molecular weight is 292 g/mol. The van der Waals surface area contributed by atoms with Gasteiger partial charge in [0, 0.05) is 5.92 Å². The first-order chi connectivity index (χ1) is 9.49. The second-order valence-corrected chi connectivity index (χ2v) is 6.65. The molecule has 106 valence electrons. The molecule has 0 aliphatic heterocycles. The number of aryl methyl sites for hydroxylation is 1. The molecule has 0 amide bonds. The van der Waals surface area contributed by atoms with E-state index >= 15 is 0 Å². The van der Waals surface area contributed by atoms with E-state index in [2.05, 4.69) is 4.98 Å². The van der Waals surface area contributed by atoms with Gasteiger partial charge in [0.1, 0.15) is 6.26 Å². The number of primary sulfonamides is 1. The third-order valence-corrected chi connectivity index (χ3v) is 4.61. The van der Waals surface area contributed by atoms with Crippen molar-refractivity contribution in [1.82, 2.24) is 4.98 Å². The first kappa shape index (κ1) is 13.3. The van der Waals surface area contributed by atoms with Gasteiger partial charge in [-0.05, 0) is 36.5 Å². The number of rotatable bonds is 4. The van der Waals surface area contributed by atoms with Crippen LogP contribution in [0.2, 0.25) is 0 Å². The maximum absolute atomic E-state index is 11.2. The zero-order valence-corrected chi connectivity index (χ0v) is 11.9. The van der Waals surface area contributed by atoms with E-state index in [1.165, 1.54) is 0 Å². The summed E-state index contributed by atoms with van der Waals surface area (Å²) < 4.78 is 27.9. The molecule has 1 fully saturated rings. The fourth-order valence-electron chi connectivity index (χ4n) is 2.40. The van der Waals surface area contributed by atoms with Gasteiger partial charge in [0.05, 0.1) is 10.6 Å². The lowest BCUT2D eigenvalue weighted by Gasteiger charge is -2.01. The molecule has 1 aromatic carbocycles. The summed E-state index contributed by atoms with van der Waals surface area (Å²) in [6, 6.07) is 6.72. The highest BCUT2D eigenvalue weighted by molar-refractivity contribution is 7.89. The second kappa shape index (κ2) is 4.71. The molecule has 2 aromatic rings. The minimum atomic E-state index is -3.62. The van der Waals surface area contributed by atoms with Crippen LogP contribution in [0.5, 0.6) is 0 Å². The van der Waals surface area contributed by atoms with Crippen LogP contribution in [-0.2, 0) is 16.4 Å². The number of hydrogen-bond acceptors (Lipinski definition) is 4. The molecular formula is C14H16N2O3S. The predicted molar refractivity (Wildman–Crippen MR) is 73.8 cm³/mol. The molecule has 2 N–H and O–H groups in total. The van der Waals surface area contributed by atoms with Crippen molar-refractivity contribution in [2.24, 2.45) is 5.14 Å². The Morgan fingerprint density at radius 1 is 1.30 bits per heavy atom. The van der Waals surface area contributed by atoms with Gasteiger partial charge >= 0.3 is 0 Å². The van der Waals surface area contributed by atoms with E-state index in [4.69, 9.17) is 9.56 Å². The normalized spacial score (nSPS) is 21.9. The van der Waals surface area contributed by atoms with Crippen molar-refractivity contribution in [2.45, 2.75) is 36.5 Å². The summed E-state index contributed by atoms with van der Waals surface area (Å²) in [5.41, 5.74) is 2.06. The molecular weight excluding hydrogens is 276 g/mol. The summed E-state index contributed by atoms with van der Waals surface area (Å²) >= 11 is 0. The Hall–Kier alpha value is -1.66. The van der Waals surface area contributed by atoms with Crippen LogP contribution in [0.1, 0.15) is 42.3 Å². The lowest BCUT2D eigenvalue weighted by Crippen LogP contribution is -2.11. The molecule has 1 heterocycles. The lowest BCUT2D eigenvalue weighted by atomic mass is 10.1. The highest BCUT2D eigenvalue weighted by Crippen LogP contribution is 2.54. The molecule has 2 atom stereocenters. The minimum Gasteiger partial charge on any atom is -0.448 e. The van der Waals surface area contributed by atoms with Gasteiger partial charge in [0.15, 0.2) is 5.89 Å². The SMILES string of the molecule is CCc1coc([C@@H]2C[C@H]2c2ccc(S(N)(=O)=O)cc2)n1. The van der Waals surface area contributed by atoms with Gasteiger partial charge in [-0.3, -0.25) is 0 Å². The van der Waals surface area contributed by atoms with Crippen molar-refractivity contribution in [3.63, 3.8) is 0 Å². The summed E-state index contributed by atoms with van der Waals surface area (Å²) in [6.07, 6.45) is 3.55. The summed E-state index contributed by atoms with van der Waals surface area (Å²) in [4.78, 5) is 4.58.